The van der Waals surface area contributed by atoms with Crippen LogP contribution in [0.5, 0.6) is 0 Å². The molecule has 1 aliphatic rings. The first-order valence-corrected chi connectivity index (χ1v) is 6.50. The zero-order chi connectivity index (χ0) is 12.3. The number of hydrogen-bond acceptors (Lipinski definition) is 3. The van der Waals surface area contributed by atoms with Crippen LogP contribution in [0.1, 0.15) is 30.3 Å². The number of amides is 1. The standard InChI is InChI=1S/C12H15BrN2O2/c1-8(11-3-2-6-17-11)15-12(16)10-5-4-9(13)7-14-10/h4-5,7-8,11H,2-3,6H2,1H3,(H,15,16). The van der Waals surface area contributed by atoms with Crippen LogP contribution in [0.3, 0.4) is 0 Å². The predicted molar refractivity (Wildman–Crippen MR) is 67.8 cm³/mol. The second-order valence-electron chi connectivity index (χ2n) is 4.18. The molecule has 2 atom stereocenters. The number of nitrogens with zero attached hydrogens (tertiary/aromatic N) is 1. The van der Waals surface area contributed by atoms with Gasteiger partial charge in [0, 0.05) is 17.3 Å². The van der Waals surface area contributed by atoms with Gasteiger partial charge >= 0.3 is 0 Å². The Bertz CT molecular complexity index is 388. The summed E-state index contributed by atoms with van der Waals surface area (Å²) in [6.45, 7) is 2.76. The van der Waals surface area contributed by atoms with Gasteiger partial charge in [0.1, 0.15) is 5.69 Å². The molecule has 17 heavy (non-hydrogen) atoms. The first kappa shape index (κ1) is 12.5. The van der Waals surface area contributed by atoms with Crippen LogP contribution in [0.4, 0.5) is 0 Å². The van der Waals surface area contributed by atoms with E-state index in [1.54, 1.807) is 18.3 Å². The Morgan fingerprint density at radius 1 is 1.65 bits per heavy atom. The van der Waals surface area contributed by atoms with E-state index >= 15 is 0 Å². The molecule has 1 aromatic rings. The van der Waals surface area contributed by atoms with Gasteiger partial charge < -0.3 is 10.1 Å². The van der Waals surface area contributed by atoms with Crippen LogP contribution in [0.15, 0.2) is 22.8 Å². The van der Waals surface area contributed by atoms with Gasteiger partial charge in [0.2, 0.25) is 0 Å². The number of nitrogens with one attached hydrogen (secondary N) is 1. The van der Waals surface area contributed by atoms with Gasteiger partial charge in [0.05, 0.1) is 12.1 Å². The summed E-state index contributed by atoms with van der Waals surface area (Å²) in [7, 11) is 0. The van der Waals surface area contributed by atoms with Crippen LogP contribution < -0.4 is 5.32 Å². The molecule has 2 heterocycles. The monoisotopic (exact) mass is 298 g/mol. The van der Waals surface area contributed by atoms with Crippen molar-refractivity contribution >= 4 is 21.8 Å². The van der Waals surface area contributed by atoms with Gasteiger partial charge in [-0.2, -0.15) is 0 Å². The Balaban J connectivity index is 1.94. The highest BCUT2D eigenvalue weighted by molar-refractivity contribution is 9.10. The maximum absolute atomic E-state index is 11.9. The van der Waals surface area contributed by atoms with E-state index in [0.717, 1.165) is 23.9 Å². The lowest BCUT2D eigenvalue weighted by Crippen LogP contribution is -2.41. The Hall–Kier alpha value is -0.940. The van der Waals surface area contributed by atoms with Crippen LogP contribution in [-0.2, 0) is 4.74 Å². The largest absolute Gasteiger partial charge is 0.376 e. The van der Waals surface area contributed by atoms with E-state index in [4.69, 9.17) is 4.74 Å². The number of ether oxygens (including phenoxy) is 1. The fraction of sp³-hybridized carbons (Fsp3) is 0.500. The molecule has 1 aliphatic heterocycles. The Kier molecular flexibility index (Phi) is 4.12. The second-order valence-corrected chi connectivity index (χ2v) is 5.09. The lowest BCUT2D eigenvalue weighted by atomic mass is 10.1. The molecular weight excluding hydrogens is 284 g/mol. The molecule has 4 nitrogen and oxygen atoms in total. The summed E-state index contributed by atoms with van der Waals surface area (Å²) in [5.41, 5.74) is 0.429. The Morgan fingerprint density at radius 2 is 2.47 bits per heavy atom. The summed E-state index contributed by atoms with van der Waals surface area (Å²) >= 11 is 3.29. The maximum Gasteiger partial charge on any atom is 0.270 e. The van der Waals surface area contributed by atoms with Crippen molar-refractivity contribution in [2.75, 3.05) is 6.61 Å². The number of carbonyl (C=O) groups excluding carboxylic acids is 1. The number of rotatable bonds is 3. The zero-order valence-electron chi connectivity index (χ0n) is 9.65. The Labute approximate surface area is 109 Å². The number of pyridine rings is 1. The smallest absolute Gasteiger partial charge is 0.270 e. The lowest BCUT2D eigenvalue weighted by molar-refractivity contribution is 0.0709. The van der Waals surface area contributed by atoms with E-state index in [1.807, 2.05) is 6.92 Å². The molecule has 1 amide bonds. The van der Waals surface area contributed by atoms with E-state index in [2.05, 4.69) is 26.2 Å². The zero-order valence-corrected chi connectivity index (χ0v) is 11.2. The van der Waals surface area contributed by atoms with Crippen LogP contribution in [0.2, 0.25) is 0 Å². The second kappa shape index (κ2) is 5.60. The summed E-state index contributed by atoms with van der Waals surface area (Å²) in [5.74, 6) is -0.152. The third-order valence-electron chi connectivity index (χ3n) is 2.84. The van der Waals surface area contributed by atoms with Crippen LogP contribution in [0, 0.1) is 0 Å². The first-order chi connectivity index (χ1) is 8.16. The van der Waals surface area contributed by atoms with Crippen molar-refractivity contribution in [1.82, 2.24) is 10.3 Å². The van der Waals surface area contributed by atoms with Crippen molar-refractivity contribution in [3.63, 3.8) is 0 Å². The highest BCUT2D eigenvalue weighted by Gasteiger charge is 2.24. The normalized spacial score (nSPS) is 21.2. The minimum Gasteiger partial charge on any atom is -0.376 e. The summed E-state index contributed by atoms with van der Waals surface area (Å²) in [5, 5.41) is 2.92. The van der Waals surface area contributed by atoms with E-state index < -0.39 is 0 Å². The molecule has 0 aromatic carbocycles. The molecule has 92 valence electrons. The minimum atomic E-state index is -0.152. The van der Waals surface area contributed by atoms with E-state index in [9.17, 15) is 4.79 Å². The van der Waals surface area contributed by atoms with Gasteiger partial charge in [0.25, 0.3) is 5.91 Å². The third kappa shape index (κ3) is 3.26. The molecule has 1 N–H and O–H groups in total. The van der Waals surface area contributed by atoms with Gasteiger partial charge in [-0.1, -0.05) is 0 Å². The molecule has 0 bridgehead atoms. The SMILES string of the molecule is CC(NC(=O)c1ccc(Br)cn1)C1CCCO1. The van der Waals surface area contributed by atoms with E-state index in [0.29, 0.717) is 5.69 Å². The Morgan fingerprint density at radius 3 is 3.06 bits per heavy atom. The van der Waals surface area contributed by atoms with Gasteiger partial charge in [-0.3, -0.25) is 4.79 Å². The van der Waals surface area contributed by atoms with Crippen molar-refractivity contribution < 1.29 is 9.53 Å². The summed E-state index contributed by atoms with van der Waals surface area (Å²) in [4.78, 5) is 15.9. The molecule has 1 fully saturated rings. The number of hydrogen-bond donors (Lipinski definition) is 1. The van der Waals surface area contributed by atoms with Gasteiger partial charge in [-0.05, 0) is 47.8 Å². The van der Waals surface area contributed by atoms with Crippen LogP contribution in [-0.4, -0.2) is 29.6 Å². The lowest BCUT2D eigenvalue weighted by Gasteiger charge is -2.19. The third-order valence-corrected chi connectivity index (χ3v) is 3.31. The highest BCUT2D eigenvalue weighted by Crippen LogP contribution is 2.15. The average Bonchev–Trinajstić information content (AvgIpc) is 2.83. The number of aromatic nitrogens is 1. The van der Waals surface area contributed by atoms with E-state index in [-0.39, 0.29) is 18.1 Å². The topological polar surface area (TPSA) is 51.2 Å². The molecular formula is C12H15BrN2O2. The summed E-state index contributed by atoms with van der Waals surface area (Å²) < 4.78 is 6.39. The molecule has 1 saturated heterocycles. The van der Waals surface area contributed by atoms with Crippen molar-refractivity contribution in [3.8, 4) is 0 Å². The molecule has 2 unspecified atom stereocenters. The number of carbonyl (C=O) groups is 1. The van der Waals surface area contributed by atoms with Crippen LogP contribution in [0.25, 0.3) is 0 Å². The molecule has 0 saturated carbocycles. The molecule has 0 aliphatic carbocycles. The molecule has 0 spiro atoms. The molecule has 0 radical (unpaired) electrons. The molecule has 5 heteroatoms. The van der Waals surface area contributed by atoms with Crippen molar-refractivity contribution in [2.24, 2.45) is 0 Å². The van der Waals surface area contributed by atoms with Crippen LogP contribution >= 0.6 is 15.9 Å². The predicted octanol–water partition coefficient (Wildman–Crippen LogP) is 2.14. The maximum atomic E-state index is 11.9. The fourth-order valence-corrected chi connectivity index (χ4v) is 2.12. The molecule has 2 rings (SSSR count). The van der Waals surface area contributed by atoms with Gasteiger partial charge in [0.15, 0.2) is 0 Å². The first-order valence-electron chi connectivity index (χ1n) is 5.71. The summed E-state index contributed by atoms with van der Waals surface area (Å²) in [6, 6.07) is 3.52. The van der Waals surface area contributed by atoms with Crippen molar-refractivity contribution in [1.29, 1.82) is 0 Å². The van der Waals surface area contributed by atoms with Crippen molar-refractivity contribution in [3.05, 3.63) is 28.5 Å². The van der Waals surface area contributed by atoms with Gasteiger partial charge in [-0.15, -0.1) is 0 Å². The summed E-state index contributed by atoms with van der Waals surface area (Å²) in [6.07, 6.45) is 3.83. The minimum absolute atomic E-state index is 0.0236. The highest BCUT2D eigenvalue weighted by atomic mass is 79.9. The number of halogens is 1. The van der Waals surface area contributed by atoms with E-state index in [1.165, 1.54) is 0 Å². The quantitative estimate of drug-likeness (QED) is 0.930. The molecule has 1 aromatic heterocycles. The average molecular weight is 299 g/mol. The fourth-order valence-electron chi connectivity index (χ4n) is 1.88. The van der Waals surface area contributed by atoms with Crippen molar-refractivity contribution in [2.45, 2.75) is 31.9 Å². The van der Waals surface area contributed by atoms with Gasteiger partial charge in [-0.25, -0.2) is 4.98 Å².